The van der Waals surface area contributed by atoms with Crippen molar-refractivity contribution in [3.8, 4) is 0 Å². The predicted octanol–water partition coefficient (Wildman–Crippen LogP) is 4.28. The van der Waals surface area contributed by atoms with E-state index >= 15 is 0 Å². The SMILES string of the molecule is CC(=O)N(CC(=O)Nc1ccc(C(C)(C)C)cc1)c1ccccc1C. The molecule has 2 amide bonds. The molecule has 0 bridgehead atoms. The Hall–Kier alpha value is -2.62. The minimum Gasteiger partial charge on any atom is -0.325 e. The first-order valence-electron chi connectivity index (χ1n) is 8.42. The first kappa shape index (κ1) is 18.7. The zero-order valence-electron chi connectivity index (χ0n) is 15.6. The van der Waals surface area contributed by atoms with E-state index in [1.54, 1.807) is 0 Å². The number of aryl methyl sites for hydroxylation is 1. The quantitative estimate of drug-likeness (QED) is 0.904. The van der Waals surface area contributed by atoms with Gasteiger partial charge in [0, 0.05) is 18.3 Å². The largest absolute Gasteiger partial charge is 0.325 e. The second-order valence-corrected chi connectivity index (χ2v) is 7.27. The van der Waals surface area contributed by atoms with Gasteiger partial charge in [0.25, 0.3) is 0 Å². The summed E-state index contributed by atoms with van der Waals surface area (Å²) in [5.41, 5.74) is 3.72. The van der Waals surface area contributed by atoms with E-state index in [0.29, 0.717) is 0 Å². The third-order valence-corrected chi connectivity index (χ3v) is 4.12. The third-order valence-electron chi connectivity index (χ3n) is 4.12. The van der Waals surface area contributed by atoms with Gasteiger partial charge in [0.05, 0.1) is 0 Å². The molecule has 132 valence electrons. The van der Waals surface area contributed by atoms with Crippen molar-refractivity contribution in [1.29, 1.82) is 0 Å². The fourth-order valence-electron chi connectivity index (χ4n) is 2.63. The molecule has 0 saturated heterocycles. The molecule has 4 nitrogen and oxygen atoms in total. The second kappa shape index (κ2) is 7.51. The van der Waals surface area contributed by atoms with Crippen LogP contribution in [-0.2, 0) is 15.0 Å². The van der Waals surface area contributed by atoms with Crippen LogP contribution in [0.1, 0.15) is 38.8 Å². The van der Waals surface area contributed by atoms with Crippen LogP contribution in [0.5, 0.6) is 0 Å². The summed E-state index contributed by atoms with van der Waals surface area (Å²) < 4.78 is 0. The van der Waals surface area contributed by atoms with Crippen LogP contribution < -0.4 is 10.2 Å². The number of nitrogens with zero attached hydrogens (tertiary/aromatic N) is 1. The lowest BCUT2D eigenvalue weighted by molar-refractivity contribution is -0.120. The molecule has 1 N–H and O–H groups in total. The van der Waals surface area contributed by atoms with Gasteiger partial charge in [-0.25, -0.2) is 0 Å². The molecule has 0 aromatic heterocycles. The van der Waals surface area contributed by atoms with Gasteiger partial charge in [0.2, 0.25) is 11.8 Å². The fraction of sp³-hybridized carbons (Fsp3) is 0.333. The van der Waals surface area contributed by atoms with E-state index in [1.807, 2.05) is 55.5 Å². The number of carbonyl (C=O) groups is 2. The Labute approximate surface area is 149 Å². The Kier molecular flexibility index (Phi) is 5.62. The molecular weight excluding hydrogens is 312 g/mol. The van der Waals surface area contributed by atoms with Gasteiger partial charge in [0.1, 0.15) is 6.54 Å². The van der Waals surface area contributed by atoms with Crippen LogP contribution in [0, 0.1) is 6.92 Å². The first-order valence-corrected chi connectivity index (χ1v) is 8.42. The van der Waals surface area contributed by atoms with Crippen LogP contribution in [0.15, 0.2) is 48.5 Å². The van der Waals surface area contributed by atoms with Gasteiger partial charge < -0.3 is 10.2 Å². The molecule has 0 aliphatic rings. The maximum atomic E-state index is 12.4. The molecule has 0 atom stereocenters. The van der Waals surface area contributed by atoms with Gasteiger partial charge in [-0.1, -0.05) is 51.1 Å². The van der Waals surface area contributed by atoms with Gasteiger partial charge in [-0.2, -0.15) is 0 Å². The number of carbonyl (C=O) groups excluding carboxylic acids is 2. The molecule has 0 aliphatic heterocycles. The molecule has 0 saturated carbocycles. The van der Waals surface area contributed by atoms with Crippen molar-refractivity contribution >= 4 is 23.2 Å². The van der Waals surface area contributed by atoms with Gasteiger partial charge in [-0.15, -0.1) is 0 Å². The van der Waals surface area contributed by atoms with E-state index in [1.165, 1.54) is 17.4 Å². The topological polar surface area (TPSA) is 49.4 Å². The summed E-state index contributed by atoms with van der Waals surface area (Å²) in [6, 6.07) is 15.4. The lowest BCUT2D eigenvalue weighted by Crippen LogP contribution is -2.37. The molecule has 25 heavy (non-hydrogen) atoms. The summed E-state index contributed by atoms with van der Waals surface area (Å²) in [5, 5.41) is 2.86. The van der Waals surface area contributed by atoms with E-state index < -0.39 is 0 Å². The van der Waals surface area contributed by atoms with Crippen LogP contribution in [0.2, 0.25) is 0 Å². The van der Waals surface area contributed by atoms with Crippen LogP contribution in [0.25, 0.3) is 0 Å². The van der Waals surface area contributed by atoms with E-state index in [0.717, 1.165) is 16.9 Å². The number of nitrogens with one attached hydrogen (secondary N) is 1. The molecule has 2 aromatic rings. The monoisotopic (exact) mass is 338 g/mol. The average molecular weight is 338 g/mol. The zero-order chi connectivity index (χ0) is 18.6. The van der Waals surface area contributed by atoms with E-state index in [4.69, 9.17) is 0 Å². The van der Waals surface area contributed by atoms with Crippen molar-refractivity contribution < 1.29 is 9.59 Å². The highest BCUT2D eigenvalue weighted by Gasteiger charge is 2.18. The summed E-state index contributed by atoms with van der Waals surface area (Å²) in [6.45, 7) is 9.82. The summed E-state index contributed by atoms with van der Waals surface area (Å²) in [7, 11) is 0. The maximum Gasteiger partial charge on any atom is 0.244 e. The number of anilines is 2. The minimum atomic E-state index is -0.220. The van der Waals surface area contributed by atoms with E-state index in [-0.39, 0.29) is 23.8 Å². The lowest BCUT2D eigenvalue weighted by atomic mass is 9.87. The van der Waals surface area contributed by atoms with Gasteiger partial charge in [-0.3, -0.25) is 9.59 Å². The van der Waals surface area contributed by atoms with Crippen molar-refractivity contribution in [1.82, 2.24) is 0 Å². The van der Waals surface area contributed by atoms with Gasteiger partial charge in [-0.05, 0) is 41.7 Å². The molecule has 2 aromatic carbocycles. The first-order chi connectivity index (χ1) is 11.7. The summed E-state index contributed by atoms with van der Waals surface area (Å²) in [4.78, 5) is 25.9. The summed E-state index contributed by atoms with van der Waals surface area (Å²) in [5.74, 6) is -0.380. The number of para-hydroxylation sites is 1. The van der Waals surface area contributed by atoms with Crippen LogP contribution in [0.3, 0.4) is 0 Å². The fourth-order valence-corrected chi connectivity index (χ4v) is 2.63. The molecular formula is C21H26N2O2. The van der Waals surface area contributed by atoms with Crippen LogP contribution in [-0.4, -0.2) is 18.4 Å². The molecule has 0 fully saturated rings. The van der Waals surface area contributed by atoms with Crippen molar-refractivity contribution in [3.63, 3.8) is 0 Å². The van der Waals surface area contributed by atoms with Crippen LogP contribution >= 0.6 is 0 Å². The summed E-state index contributed by atoms with van der Waals surface area (Å²) >= 11 is 0. The maximum absolute atomic E-state index is 12.4. The highest BCUT2D eigenvalue weighted by atomic mass is 16.2. The smallest absolute Gasteiger partial charge is 0.244 e. The molecule has 4 heteroatoms. The van der Waals surface area contributed by atoms with Crippen LogP contribution in [0.4, 0.5) is 11.4 Å². The van der Waals surface area contributed by atoms with Gasteiger partial charge in [0.15, 0.2) is 0 Å². The third kappa shape index (κ3) is 4.92. The highest BCUT2D eigenvalue weighted by molar-refractivity contribution is 6.02. The minimum absolute atomic E-state index is 0.0127. The molecule has 0 radical (unpaired) electrons. The Bertz CT molecular complexity index is 758. The number of hydrogen-bond donors (Lipinski definition) is 1. The normalized spacial score (nSPS) is 11.1. The number of hydrogen-bond acceptors (Lipinski definition) is 2. The second-order valence-electron chi connectivity index (χ2n) is 7.27. The van der Waals surface area contributed by atoms with Crippen molar-refractivity contribution in [3.05, 3.63) is 59.7 Å². The van der Waals surface area contributed by atoms with Crippen molar-refractivity contribution in [2.75, 3.05) is 16.8 Å². The molecule has 0 spiro atoms. The zero-order valence-corrected chi connectivity index (χ0v) is 15.6. The Morgan fingerprint density at radius 3 is 2.12 bits per heavy atom. The van der Waals surface area contributed by atoms with Crippen molar-refractivity contribution in [2.24, 2.45) is 0 Å². The lowest BCUT2D eigenvalue weighted by Gasteiger charge is -2.23. The summed E-state index contributed by atoms with van der Waals surface area (Å²) in [6.07, 6.45) is 0. The molecule has 0 unspecified atom stereocenters. The Balaban J connectivity index is 2.10. The number of benzene rings is 2. The van der Waals surface area contributed by atoms with Crippen molar-refractivity contribution in [2.45, 2.75) is 40.0 Å². The predicted molar refractivity (Wildman–Crippen MR) is 103 cm³/mol. The average Bonchev–Trinajstić information content (AvgIpc) is 2.53. The number of rotatable bonds is 4. The number of amides is 2. The van der Waals surface area contributed by atoms with E-state index in [2.05, 4.69) is 26.1 Å². The molecule has 0 aliphatic carbocycles. The van der Waals surface area contributed by atoms with Gasteiger partial charge >= 0.3 is 0 Å². The Morgan fingerprint density at radius 2 is 1.60 bits per heavy atom. The molecule has 0 heterocycles. The Morgan fingerprint density at radius 1 is 1.00 bits per heavy atom. The van der Waals surface area contributed by atoms with E-state index in [9.17, 15) is 9.59 Å². The standard InChI is InChI=1S/C21H26N2O2/c1-15-8-6-7-9-19(15)23(16(2)24)14-20(25)22-18-12-10-17(11-13-18)21(3,4)5/h6-13H,14H2,1-5H3,(H,22,25). The molecule has 2 rings (SSSR count). The highest BCUT2D eigenvalue weighted by Crippen LogP contribution is 2.24.